The number of rotatable bonds is 4. The Morgan fingerprint density at radius 3 is 2.61 bits per heavy atom. The number of nitrogens with one attached hydrogen (secondary N) is 2. The van der Waals surface area contributed by atoms with Crippen molar-refractivity contribution in [1.82, 2.24) is 10.3 Å². The maximum Gasteiger partial charge on any atom is 0.268 e. The van der Waals surface area contributed by atoms with Crippen molar-refractivity contribution in [3.05, 3.63) is 57.0 Å². The zero-order valence-corrected chi connectivity index (χ0v) is 15.1. The minimum absolute atomic E-state index is 0.151. The van der Waals surface area contributed by atoms with Gasteiger partial charge in [0.25, 0.3) is 5.91 Å². The number of H-pyrrole nitrogens is 1. The lowest BCUT2D eigenvalue weighted by Gasteiger charge is -2.26. The molecule has 3 rings (SSSR count). The van der Waals surface area contributed by atoms with Crippen LogP contribution in [0.5, 0.6) is 0 Å². The van der Waals surface area contributed by atoms with Crippen LogP contribution in [0.25, 0.3) is 10.2 Å². The molecule has 0 radical (unpaired) electrons. The molecule has 0 atom stereocenters. The number of fused-ring (bicyclic) bond motifs is 1. The van der Waals surface area contributed by atoms with Crippen LogP contribution in [-0.4, -0.2) is 16.4 Å². The van der Waals surface area contributed by atoms with Gasteiger partial charge >= 0.3 is 0 Å². The fourth-order valence-corrected chi connectivity index (χ4v) is 4.05. The van der Waals surface area contributed by atoms with E-state index in [1.807, 2.05) is 32.0 Å². The van der Waals surface area contributed by atoms with Gasteiger partial charge < -0.3 is 10.3 Å². The topological polar surface area (TPSA) is 44.9 Å². The minimum atomic E-state index is -0.363. The van der Waals surface area contributed by atoms with E-state index in [4.69, 9.17) is 23.2 Å². The summed E-state index contributed by atoms with van der Waals surface area (Å²) in [7, 11) is 0. The molecule has 1 aromatic carbocycles. The van der Waals surface area contributed by atoms with Crippen LogP contribution in [0.3, 0.4) is 0 Å². The average Bonchev–Trinajstić information content (AvgIpc) is 3.00. The van der Waals surface area contributed by atoms with Crippen LogP contribution in [0, 0.1) is 0 Å². The van der Waals surface area contributed by atoms with Crippen LogP contribution in [0.15, 0.2) is 36.4 Å². The van der Waals surface area contributed by atoms with Gasteiger partial charge in [-0.15, -0.1) is 11.3 Å². The molecule has 0 aliphatic carbocycles. The molecule has 0 saturated carbocycles. The summed E-state index contributed by atoms with van der Waals surface area (Å²) in [5.74, 6) is -0.151. The van der Waals surface area contributed by atoms with Gasteiger partial charge in [0.05, 0.1) is 15.2 Å². The minimum Gasteiger partial charge on any atom is -0.349 e. The van der Waals surface area contributed by atoms with Crippen LogP contribution >= 0.6 is 34.5 Å². The molecule has 0 spiro atoms. The monoisotopic (exact) mass is 366 g/mol. The predicted molar refractivity (Wildman–Crippen MR) is 97.9 cm³/mol. The lowest BCUT2D eigenvalue weighted by molar-refractivity contribution is 0.0908. The van der Waals surface area contributed by atoms with E-state index in [0.717, 1.165) is 11.1 Å². The number of carbonyl (C=O) groups is 1. The second-order valence-corrected chi connectivity index (χ2v) is 8.14. The second kappa shape index (κ2) is 6.19. The Labute approximate surface area is 148 Å². The highest BCUT2D eigenvalue weighted by Gasteiger charge is 2.23. The predicted octanol–water partition coefficient (Wildman–Crippen LogP) is 5.29. The summed E-state index contributed by atoms with van der Waals surface area (Å²) in [6.45, 7) is 4.01. The second-order valence-electron chi connectivity index (χ2n) is 6.11. The molecule has 0 aliphatic rings. The Morgan fingerprint density at radius 2 is 1.96 bits per heavy atom. The Bertz CT molecular complexity index is 852. The van der Waals surface area contributed by atoms with Gasteiger partial charge in [0.2, 0.25) is 0 Å². The molecule has 3 nitrogen and oxygen atoms in total. The number of hydrogen-bond donors (Lipinski definition) is 2. The molecule has 2 aromatic heterocycles. The molecule has 3 aromatic rings. The highest BCUT2D eigenvalue weighted by molar-refractivity contribution is 7.23. The van der Waals surface area contributed by atoms with E-state index in [1.54, 1.807) is 6.07 Å². The number of benzene rings is 1. The van der Waals surface area contributed by atoms with Crippen LogP contribution in [-0.2, 0) is 6.42 Å². The Balaban J connectivity index is 1.76. The third kappa shape index (κ3) is 3.55. The molecule has 0 saturated heterocycles. The van der Waals surface area contributed by atoms with Crippen molar-refractivity contribution in [1.29, 1.82) is 0 Å². The van der Waals surface area contributed by atoms with Crippen molar-refractivity contribution in [2.45, 2.75) is 25.8 Å². The molecule has 1 amide bonds. The third-order valence-corrected chi connectivity index (χ3v) is 5.49. The van der Waals surface area contributed by atoms with Crippen LogP contribution < -0.4 is 5.32 Å². The van der Waals surface area contributed by atoms with Gasteiger partial charge in [-0.3, -0.25) is 4.79 Å². The molecular weight excluding hydrogens is 351 g/mol. The van der Waals surface area contributed by atoms with Crippen LogP contribution in [0.2, 0.25) is 9.36 Å². The van der Waals surface area contributed by atoms with Crippen molar-refractivity contribution in [3.8, 4) is 0 Å². The first-order valence-electron chi connectivity index (χ1n) is 7.19. The average molecular weight is 367 g/mol. The van der Waals surface area contributed by atoms with E-state index in [2.05, 4.69) is 22.4 Å². The van der Waals surface area contributed by atoms with E-state index < -0.39 is 0 Å². The summed E-state index contributed by atoms with van der Waals surface area (Å²) >= 11 is 13.5. The molecule has 6 heteroatoms. The molecular formula is C17H16Cl2N2OS. The van der Waals surface area contributed by atoms with Crippen molar-refractivity contribution in [2.75, 3.05) is 0 Å². The standard InChI is InChI=1S/C17H16Cl2N2OS/c1-17(2,9-10-6-4-3-5-7-10)21-16(22)11-8-12-14(20-11)13(18)15(19)23-12/h3-8,20H,9H2,1-2H3,(H,21,22). The lowest BCUT2D eigenvalue weighted by Crippen LogP contribution is -2.45. The summed E-state index contributed by atoms with van der Waals surface area (Å²) in [5, 5.41) is 3.53. The quantitative estimate of drug-likeness (QED) is 0.647. The number of carbonyl (C=O) groups excluding carboxylic acids is 1. The number of aromatic nitrogens is 1. The largest absolute Gasteiger partial charge is 0.349 e. The Kier molecular flexibility index (Phi) is 4.41. The fourth-order valence-electron chi connectivity index (χ4n) is 2.57. The number of thiophene rings is 1. The molecule has 23 heavy (non-hydrogen) atoms. The van der Waals surface area contributed by atoms with Gasteiger partial charge in [-0.25, -0.2) is 0 Å². The number of halogens is 2. The molecule has 0 aliphatic heterocycles. The zero-order chi connectivity index (χ0) is 16.6. The van der Waals surface area contributed by atoms with Gasteiger partial charge in [0.1, 0.15) is 10.0 Å². The van der Waals surface area contributed by atoms with Crippen molar-refractivity contribution in [3.63, 3.8) is 0 Å². The van der Waals surface area contributed by atoms with E-state index in [-0.39, 0.29) is 11.4 Å². The molecule has 0 bridgehead atoms. The summed E-state index contributed by atoms with van der Waals surface area (Å²) in [6, 6.07) is 11.9. The zero-order valence-electron chi connectivity index (χ0n) is 12.7. The number of hydrogen-bond acceptors (Lipinski definition) is 2. The SMILES string of the molecule is CC(C)(Cc1ccccc1)NC(=O)c1cc2sc(Cl)c(Cl)c2[nH]1. The maximum atomic E-state index is 12.5. The van der Waals surface area contributed by atoms with E-state index >= 15 is 0 Å². The normalized spacial score (nSPS) is 11.8. The number of aromatic amines is 1. The maximum absolute atomic E-state index is 12.5. The summed E-state index contributed by atoms with van der Waals surface area (Å²) in [6.07, 6.45) is 0.751. The van der Waals surface area contributed by atoms with Crippen LogP contribution in [0.4, 0.5) is 0 Å². The first kappa shape index (κ1) is 16.4. The lowest BCUT2D eigenvalue weighted by atomic mass is 9.95. The first-order valence-corrected chi connectivity index (χ1v) is 8.76. The van der Waals surface area contributed by atoms with Gasteiger partial charge in [0, 0.05) is 5.54 Å². The molecule has 0 unspecified atom stereocenters. The summed E-state index contributed by atoms with van der Waals surface area (Å²) in [5.41, 5.74) is 2.03. The van der Waals surface area contributed by atoms with Crippen molar-refractivity contribution in [2.24, 2.45) is 0 Å². The molecule has 120 valence electrons. The van der Waals surface area contributed by atoms with E-state index in [1.165, 1.54) is 16.9 Å². The van der Waals surface area contributed by atoms with Gasteiger partial charge in [-0.05, 0) is 31.9 Å². The van der Waals surface area contributed by atoms with Crippen molar-refractivity contribution < 1.29 is 4.79 Å². The van der Waals surface area contributed by atoms with Gasteiger partial charge in [-0.2, -0.15) is 0 Å². The molecule has 2 heterocycles. The van der Waals surface area contributed by atoms with Gasteiger partial charge in [-0.1, -0.05) is 53.5 Å². The molecule has 0 fully saturated rings. The van der Waals surface area contributed by atoms with Gasteiger partial charge in [0.15, 0.2) is 0 Å². The first-order chi connectivity index (χ1) is 10.9. The highest BCUT2D eigenvalue weighted by Crippen LogP contribution is 2.38. The smallest absolute Gasteiger partial charge is 0.268 e. The number of amides is 1. The fraction of sp³-hybridized carbons (Fsp3) is 0.235. The van der Waals surface area contributed by atoms with E-state index in [0.29, 0.717) is 20.6 Å². The van der Waals surface area contributed by atoms with Crippen LogP contribution in [0.1, 0.15) is 29.9 Å². The molecule has 2 N–H and O–H groups in total. The van der Waals surface area contributed by atoms with E-state index in [9.17, 15) is 4.79 Å². The highest BCUT2D eigenvalue weighted by atomic mass is 35.5. The third-order valence-electron chi connectivity index (χ3n) is 3.56. The Hall–Kier alpha value is -1.49. The Morgan fingerprint density at radius 1 is 1.26 bits per heavy atom. The van der Waals surface area contributed by atoms with Crippen molar-refractivity contribution >= 4 is 50.7 Å². The summed E-state index contributed by atoms with van der Waals surface area (Å²) in [4.78, 5) is 15.6. The summed E-state index contributed by atoms with van der Waals surface area (Å²) < 4.78 is 1.41.